The van der Waals surface area contributed by atoms with Crippen LogP contribution in [0.15, 0.2) is 42.5 Å². The molecule has 134 valence electrons. The summed E-state index contributed by atoms with van der Waals surface area (Å²) in [5.41, 5.74) is 3.65. The third kappa shape index (κ3) is 5.19. The van der Waals surface area contributed by atoms with Gasteiger partial charge in [0.1, 0.15) is 5.82 Å². The molecule has 0 aromatic heterocycles. The van der Waals surface area contributed by atoms with Crippen LogP contribution in [0.5, 0.6) is 0 Å². The van der Waals surface area contributed by atoms with Crippen molar-refractivity contribution in [3.05, 3.63) is 59.4 Å². The van der Waals surface area contributed by atoms with E-state index >= 15 is 0 Å². The number of anilines is 2. The monoisotopic (exact) mass is 345 g/mol. The van der Waals surface area contributed by atoms with E-state index in [2.05, 4.69) is 15.4 Å². The van der Waals surface area contributed by atoms with E-state index in [1.807, 2.05) is 56.3 Å². The van der Waals surface area contributed by atoms with E-state index in [4.69, 9.17) is 0 Å². The molecule has 0 bridgehead atoms. The van der Waals surface area contributed by atoms with E-state index in [9.17, 15) is 9.18 Å². The molecule has 25 heavy (non-hydrogen) atoms. The highest BCUT2D eigenvalue weighted by Gasteiger charge is 2.13. The van der Waals surface area contributed by atoms with Gasteiger partial charge in [0.25, 0.3) is 0 Å². The molecule has 0 radical (unpaired) electrons. The minimum absolute atomic E-state index is 0.0610. The Kier molecular flexibility index (Phi) is 6.36. The van der Waals surface area contributed by atoms with E-state index < -0.39 is 6.09 Å². The highest BCUT2D eigenvalue weighted by Crippen LogP contribution is 2.26. The molecule has 0 spiro atoms. The van der Waals surface area contributed by atoms with Crippen molar-refractivity contribution in [1.29, 1.82) is 0 Å². The van der Waals surface area contributed by atoms with Crippen LogP contribution < -0.4 is 15.5 Å². The molecule has 0 aliphatic carbocycles. The zero-order chi connectivity index (χ0) is 18.4. The quantitative estimate of drug-likeness (QED) is 0.833. The second-order valence-electron chi connectivity index (χ2n) is 6.01. The third-order valence-corrected chi connectivity index (χ3v) is 3.94. The number of benzene rings is 2. The lowest BCUT2D eigenvalue weighted by Gasteiger charge is -2.22. The number of carbonyl (C=O) groups excluding carboxylic acids is 1. The maximum absolute atomic E-state index is 13.5. The van der Waals surface area contributed by atoms with E-state index in [-0.39, 0.29) is 11.9 Å². The molecule has 2 aromatic carbocycles. The normalized spacial score (nSPS) is 11.7. The van der Waals surface area contributed by atoms with Gasteiger partial charge < -0.3 is 15.0 Å². The molecular formula is C19H24FN3O2. The van der Waals surface area contributed by atoms with Crippen molar-refractivity contribution in [3.63, 3.8) is 0 Å². The predicted octanol–water partition coefficient (Wildman–Crippen LogP) is 3.92. The maximum Gasteiger partial charge on any atom is 0.411 e. The molecule has 0 heterocycles. The fourth-order valence-corrected chi connectivity index (χ4v) is 2.53. The number of amides is 1. The Morgan fingerprint density at radius 1 is 1.20 bits per heavy atom. The Morgan fingerprint density at radius 3 is 2.48 bits per heavy atom. The Balaban J connectivity index is 2.00. The van der Waals surface area contributed by atoms with Crippen LogP contribution in [-0.4, -0.2) is 27.3 Å². The van der Waals surface area contributed by atoms with Gasteiger partial charge >= 0.3 is 6.09 Å². The molecule has 1 atom stereocenters. The lowest BCUT2D eigenvalue weighted by atomic mass is 10.0. The van der Waals surface area contributed by atoms with Gasteiger partial charge in [-0.2, -0.15) is 0 Å². The third-order valence-electron chi connectivity index (χ3n) is 3.94. The zero-order valence-corrected chi connectivity index (χ0v) is 15.0. The highest BCUT2D eigenvalue weighted by atomic mass is 19.1. The second-order valence-corrected chi connectivity index (χ2v) is 6.01. The fraction of sp³-hybridized carbons (Fsp3) is 0.316. The van der Waals surface area contributed by atoms with Crippen LogP contribution in [0.4, 0.5) is 20.6 Å². The average molecular weight is 345 g/mol. The standard InChI is InChI=1S/C19H24FN3O2/c1-13(17-10-7-15(20)11-18(17)23(2)3)21-12-14-5-8-16(9-6-14)22-19(24)25-4/h5-11,13,21H,12H2,1-4H3,(H,22,24)/t13-/m1/s1. The zero-order valence-electron chi connectivity index (χ0n) is 15.0. The summed E-state index contributed by atoms with van der Waals surface area (Å²) in [6.07, 6.45) is -0.493. The number of methoxy groups -OCH3 is 1. The molecule has 2 rings (SSSR count). The van der Waals surface area contributed by atoms with E-state index in [0.717, 1.165) is 16.8 Å². The van der Waals surface area contributed by atoms with Gasteiger partial charge in [-0.1, -0.05) is 18.2 Å². The van der Waals surface area contributed by atoms with Crippen LogP contribution >= 0.6 is 0 Å². The molecule has 0 saturated carbocycles. The fourth-order valence-electron chi connectivity index (χ4n) is 2.53. The van der Waals surface area contributed by atoms with Gasteiger partial charge in [-0.3, -0.25) is 5.32 Å². The van der Waals surface area contributed by atoms with E-state index in [1.165, 1.54) is 13.2 Å². The minimum Gasteiger partial charge on any atom is -0.453 e. The van der Waals surface area contributed by atoms with Crippen molar-refractivity contribution < 1.29 is 13.9 Å². The second kappa shape index (κ2) is 8.48. The van der Waals surface area contributed by atoms with Gasteiger partial charge in [0.2, 0.25) is 0 Å². The highest BCUT2D eigenvalue weighted by molar-refractivity contribution is 5.84. The number of hydrogen-bond donors (Lipinski definition) is 2. The number of halogens is 1. The Bertz CT molecular complexity index is 717. The lowest BCUT2D eigenvalue weighted by Crippen LogP contribution is -2.21. The SMILES string of the molecule is COC(=O)Nc1ccc(CN[C@H](C)c2ccc(F)cc2N(C)C)cc1. The van der Waals surface area contributed by atoms with E-state index in [0.29, 0.717) is 12.2 Å². The lowest BCUT2D eigenvalue weighted by molar-refractivity contribution is 0.187. The molecule has 5 nitrogen and oxygen atoms in total. The van der Waals surface area contributed by atoms with Gasteiger partial charge in [-0.05, 0) is 42.3 Å². The number of rotatable bonds is 6. The summed E-state index contributed by atoms with van der Waals surface area (Å²) in [5, 5.41) is 6.05. The largest absolute Gasteiger partial charge is 0.453 e. The summed E-state index contributed by atoms with van der Waals surface area (Å²) < 4.78 is 18.0. The van der Waals surface area contributed by atoms with Crippen molar-refractivity contribution in [1.82, 2.24) is 5.32 Å². The van der Waals surface area contributed by atoms with Crippen LogP contribution in [0.25, 0.3) is 0 Å². The molecule has 0 saturated heterocycles. The first kappa shape index (κ1) is 18.7. The summed E-state index contributed by atoms with van der Waals surface area (Å²) in [7, 11) is 5.13. The molecule has 0 aliphatic rings. The van der Waals surface area contributed by atoms with Gasteiger partial charge in [0, 0.05) is 38.1 Å². The molecule has 0 aliphatic heterocycles. The predicted molar refractivity (Wildman–Crippen MR) is 98.5 cm³/mol. The van der Waals surface area contributed by atoms with Gasteiger partial charge in [0.15, 0.2) is 0 Å². The summed E-state index contributed by atoms with van der Waals surface area (Å²) in [4.78, 5) is 13.1. The summed E-state index contributed by atoms with van der Waals surface area (Å²) in [6, 6.07) is 12.4. The van der Waals surface area contributed by atoms with Gasteiger partial charge in [-0.25, -0.2) is 9.18 Å². The van der Waals surface area contributed by atoms with Crippen LogP contribution in [0, 0.1) is 5.82 Å². The van der Waals surface area contributed by atoms with Crippen molar-refractivity contribution in [2.24, 2.45) is 0 Å². The first-order valence-corrected chi connectivity index (χ1v) is 8.04. The molecular weight excluding hydrogens is 321 g/mol. The topological polar surface area (TPSA) is 53.6 Å². The van der Waals surface area contributed by atoms with Crippen LogP contribution in [-0.2, 0) is 11.3 Å². The number of nitrogens with zero attached hydrogens (tertiary/aromatic N) is 1. The molecule has 0 fully saturated rings. The Morgan fingerprint density at radius 2 is 1.88 bits per heavy atom. The van der Waals surface area contributed by atoms with Crippen molar-refractivity contribution in [3.8, 4) is 0 Å². The van der Waals surface area contributed by atoms with E-state index in [1.54, 1.807) is 6.07 Å². The number of carbonyl (C=O) groups is 1. The molecule has 2 N–H and O–H groups in total. The Labute approximate surface area is 147 Å². The number of ether oxygens (including phenoxy) is 1. The average Bonchev–Trinajstić information content (AvgIpc) is 2.60. The smallest absolute Gasteiger partial charge is 0.411 e. The maximum atomic E-state index is 13.5. The first-order chi connectivity index (χ1) is 11.9. The van der Waals surface area contributed by atoms with Gasteiger partial charge in [0.05, 0.1) is 7.11 Å². The summed E-state index contributed by atoms with van der Waals surface area (Å²) in [5.74, 6) is -0.242. The molecule has 0 unspecified atom stereocenters. The van der Waals surface area contributed by atoms with Gasteiger partial charge in [-0.15, -0.1) is 0 Å². The van der Waals surface area contributed by atoms with Crippen molar-refractivity contribution in [2.75, 3.05) is 31.4 Å². The van der Waals surface area contributed by atoms with Crippen LogP contribution in [0.1, 0.15) is 24.1 Å². The Hall–Kier alpha value is -2.60. The van der Waals surface area contributed by atoms with Crippen molar-refractivity contribution in [2.45, 2.75) is 19.5 Å². The first-order valence-electron chi connectivity index (χ1n) is 8.04. The molecule has 2 aromatic rings. The summed E-state index contributed by atoms with van der Waals surface area (Å²) in [6.45, 7) is 2.71. The molecule has 1 amide bonds. The number of hydrogen-bond acceptors (Lipinski definition) is 4. The van der Waals surface area contributed by atoms with Crippen molar-refractivity contribution >= 4 is 17.5 Å². The summed E-state index contributed by atoms with van der Waals surface area (Å²) >= 11 is 0. The minimum atomic E-state index is -0.493. The number of nitrogens with one attached hydrogen (secondary N) is 2. The van der Waals surface area contributed by atoms with Crippen LogP contribution in [0.2, 0.25) is 0 Å². The molecule has 6 heteroatoms. The van der Waals surface area contributed by atoms with Crippen LogP contribution in [0.3, 0.4) is 0 Å².